The molecule has 2 rings (SSSR count). The summed E-state index contributed by atoms with van der Waals surface area (Å²) in [4.78, 5) is 0. The maximum Gasteiger partial charge on any atom is 0.216 e. The lowest BCUT2D eigenvalue weighted by Gasteiger charge is -2.15. The van der Waals surface area contributed by atoms with Crippen LogP contribution in [0.4, 0.5) is 0 Å². The molecule has 0 aliphatic rings. The molecule has 0 radical (unpaired) electrons. The van der Waals surface area contributed by atoms with Crippen LogP contribution in [0.25, 0.3) is 0 Å². The molecule has 4 nitrogen and oxygen atoms in total. The summed E-state index contributed by atoms with van der Waals surface area (Å²) in [7, 11) is 3.57. The number of methoxy groups -OCH3 is 1. The van der Waals surface area contributed by atoms with Crippen molar-refractivity contribution in [1.29, 1.82) is 0 Å². The molecule has 1 aromatic carbocycles. The highest BCUT2D eigenvalue weighted by atomic mass is 35.5. The number of rotatable bonds is 6. The first kappa shape index (κ1) is 15.9. The zero-order valence-corrected chi connectivity index (χ0v) is 13.7. The predicted molar refractivity (Wildman–Crippen MR) is 86.0 cm³/mol. The summed E-state index contributed by atoms with van der Waals surface area (Å²) >= 11 is 6.20. The number of hydrogen-bond acceptors (Lipinski definition) is 3. The SMILES string of the molecule is COc1c(CNC(C)Cc2ccccc2Cl)c(C)nn1C. The maximum absolute atomic E-state index is 6.20. The second kappa shape index (κ2) is 6.96. The van der Waals surface area contributed by atoms with Crippen molar-refractivity contribution >= 4 is 11.6 Å². The van der Waals surface area contributed by atoms with Crippen molar-refractivity contribution in [2.24, 2.45) is 7.05 Å². The van der Waals surface area contributed by atoms with Gasteiger partial charge in [-0.1, -0.05) is 29.8 Å². The van der Waals surface area contributed by atoms with Crippen molar-refractivity contribution in [2.45, 2.75) is 32.9 Å². The van der Waals surface area contributed by atoms with Crippen LogP contribution in [0.2, 0.25) is 5.02 Å². The normalized spacial score (nSPS) is 12.4. The minimum atomic E-state index is 0.314. The highest BCUT2D eigenvalue weighted by molar-refractivity contribution is 6.31. The molecule has 114 valence electrons. The quantitative estimate of drug-likeness (QED) is 0.891. The smallest absolute Gasteiger partial charge is 0.216 e. The van der Waals surface area contributed by atoms with E-state index >= 15 is 0 Å². The molecule has 0 aliphatic carbocycles. The third kappa shape index (κ3) is 3.77. The third-order valence-corrected chi connectivity index (χ3v) is 3.96. The Morgan fingerprint density at radius 2 is 2.10 bits per heavy atom. The number of aryl methyl sites for hydroxylation is 2. The fourth-order valence-electron chi connectivity index (χ4n) is 2.48. The molecule has 5 heteroatoms. The molecule has 1 heterocycles. The van der Waals surface area contributed by atoms with Gasteiger partial charge in [-0.05, 0) is 31.9 Å². The van der Waals surface area contributed by atoms with Gasteiger partial charge in [-0.25, -0.2) is 4.68 Å². The number of nitrogens with one attached hydrogen (secondary N) is 1. The van der Waals surface area contributed by atoms with E-state index in [9.17, 15) is 0 Å². The largest absolute Gasteiger partial charge is 0.481 e. The summed E-state index contributed by atoms with van der Waals surface area (Å²) in [6.45, 7) is 4.88. The first-order valence-corrected chi connectivity index (χ1v) is 7.44. The summed E-state index contributed by atoms with van der Waals surface area (Å²) < 4.78 is 7.17. The lowest BCUT2D eigenvalue weighted by atomic mass is 10.1. The van der Waals surface area contributed by atoms with Crippen LogP contribution in [0.1, 0.15) is 23.7 Å². The Bertz CT molecular complexity index is 610. The van der Waals surface area contributed by atoms with Crippen molar-refractivity contribution in [3.63, 3.8) is 0 Å². The molecular weight excluding hydrogens is 286 g/mol. The molecule has 1 atom stereocenters. The second-order valence-corrected chi connectivity index (χ2v) is 5.68. The fraction of sp³-hybridized carbons (Fsp3) is 0.438. The molecule has 1 unspecified atom stereocenters. The van der Waals surface area contributed by atoms with Gasteiger partial charge in [-0.3, -0.25) is 0 Å². The maximum atomic E-state index is 6.20. The Balaban J connectivity index is 1.99. The molecule has 0 bridgehead atoms. The van der Waals surface area contributed by atoms with Gasteiger partial charge in [-0.2, -0.15) is 5.10 Å². The minimum Gasteiger partial charge on any atom is -0.481 e. The van der Waals surface area contributed by atoms with E-state index in [0.717, 1.165) is 40.7 Å². The number of halogens is 1. The van der Waals surface area contributed by atoms with E-state index in [1.165, 1.54) is 0 Å². The van der Waals surface area contributed by atoms with Gasteiger partial charge in [0.2, 0.25) is 5.88 Å². The van der Waals surface area contributed by atoms with Crippen molar-refractivity contribution < 1.29 is 4.74 Å². The van der Waals surface area contributed by atoms with E-state index in [1.54, 1.807) is 11.8 Å². The van der Waals surface area contributed by atoms with Crippen molar-refractivity contribution in [2.75, 3.05) is 7.11 Å². The third-order valence-electron chi connectivity index (χ3n) is 3.59. The van der Waals surface area contributed by atoms with E-state index in [2.05, 4.69) is 23.4 Å². The molecule has 21 heavy (non-hydrogen) atoms. The molecule has 0 aliphatic heterocycles. The second-order valence-electron chi connectivity index (χ2n) is 5.27. The van der Waals surface area contributed by atoms with Gasteiger partial charge in [0.1, 0.15) is 0 Å². The molecule has 0 saturated heterocycles. The van der Waals surface area contributed by atoms with E-state index in [1.807, 2.05) is 32.2 Å². The number of aromatic nitrogens is 2. The highest BCUT2D eigenvalue weighted by Crippen LogP contribution is 2.21. The van der Waals surface area contributed by atoms with Crippen LogP contribution in [-0.2, 0) is 20.0 Å². The van der Waals surface area contributed by atoms with Gasteiger partial charge in [0, 0.05) is 24.7 Å². The molecule has 1 aromatic heterocycles. The van der Waals surface area contributed by atoms with Gasteiger partial charge in [0.05, 0.1) is 18.4 Å². The molecule has 0 fully saturated rings. The Kier molecular flexibility index (Phi) is 5.26. The molecule has 0 spiro atoms. The lowest BCUT2D eigenvalue weighted by Crippen LogP contribution is -2.28. The summed E-state index contributed by atoms with van der Waals surface area (Å²) in [5.74, 6) is 0.810. The van der Waals surface area contributed by atoms with Gasteiger partial charge in [0.25, 0.3) is 0 Å². The molecule has 1 N–H and O–H groups in total. The molecule has 0 saturated carbocycles. The number of nitrogens with zero attached hydrogens (tertiary/aromatic N) is 2. The van der Waals surface area contributed by atoms with Gasteiger partial charge in [-0.15, -0.1) is 0 Å². The van der Waals surface area contributed by atoms with Crippen LogP contribution in [0.15, 0.2) is 24.3 Å². The zero-order chi connectivity index (χ0) is 15.4. The molecule has 2 aromatic rings. The first-order chi connectivity index (χ1) is 10.0. The number of hydrogen-bond donors (Lipinski definition) is 1. The van der Waals surface area contributed by atoms with Crippen molar-refractivity contribution in [3.05, 3.63) is 46.1 Å². The van der Waals surface area contributed by atoms with Crippen molar-refractivity contribution in [3.8, 4) is 5.88 Å². The summed E-state index contributed by atoms with van der Waals surface area (Å²) in [6.07, 6.45) is 0.890. The van der Waals surface area contributed by atoms with E-state index in [0.29, 0.717) is 6.04 Å². The topological polar surface area (TPSA) is 39.1 Å². The number of benzene rings is 1. The van der Waals surface area contributed by atoms with Crippen LogP contribution < -0.4 is 10.1 Å². The van der Waals surface area contributed by atoms with Crippen molar-refractivity contribution in [1.82, 2.24) is 15.1 Å². The summed E-state index contributed by atoms with van der Waals surface area (Å²) in [5.41, 5.74) is 3.26. The average Bonchev–Trinajstić information content (AvgIpc) is 2.72. The van der Waals surface area contributed by atoms with Gasteiger partial charge < -0.3 is 10.1 Å². The van der Waals surface area contributed by atoms with E-state index in [-0.39, 0.29) is 0 Å². The molecular formula is C16H22ClN3O. The van der Waals surface area contributed by atoms with Crippen LogP contribution in [-0.4, -0.2) is 22.9 Å². The standard InChI is InChI=1S/C16H22ClN3O/c1-11(9-13-7-5-6-8-15(13)17)18-10-14-12(2)19-20(3)16(14)21-4/h5-8,11,18H,9-10H2,1-4H3. The number of ether oxygens (including phenoxy) is 1. The first-order valence-electron chi connectivity index (χ1n) is 7.06. The van der Waals surface area contributed by atoms with Gasteiger partial charge >= 0.3 is 0 Å². The highest BCUT2D eigenvalue weighted by Gasteiger charge is 2.14. The monoisotopic (exact) mass is 307 g/mol. The predicted octanol–water partition coefficient (Wildman–Crippen LogP) is 3.11. The summed E-state index contributed by atoms with van der Waals surface area (Å²) in [5, 5.41) is 8.72. The summed E-state index contributed by atoms with van der Waals surface area (Å²) in [6, 6.07) is 8.28. The Morgan fingerprint density at radius 1 is 1.38 bits per heavy atom. The average molecular weight is 308 g/mol. The minimum absolute atomic E-state index is 0.314. The Hall–Kier alpha value is -1.52. The Morgan fingerprint density at radius 3 is 2.76 bits per heavy atom. The fourth-order valence-corrected chi connectivity index (χ4v) is 2.69. The van der Waals surface area contributed by atoms with Gasteiger partial charge in [0.15, 0.2) is 0 Å². The van der Waals surface area contributed by atoms with Crippen LogP contribution in [0.3, 0.4) is 0 Å². The molecule has 0 amide bonds. The van der Waals surface area contributed by atoms with E-state index in [4.69, 9.17) is 16.3 Å². The van der Waals surface area contributed by atoms with Crippen LogP contribution in [0.5, 0.6) is 5.88 Å². The van der Waals surface area contributed by atoms with Crippen LogP contribution in [0, 0.1) is 6.92 Å². The van der Waals surface area contributed by atoms with Crippen LogP contribution >= 0.6 is 11.6 Å². The van der Waals surface area contributed by atoms with E-state index < -0.39 is 0 Å². The zero-order valence-electron chi connectivity index (χ0n) is 13.0. The lowest BCUT2D eigenvalue weighted by molar-refractivity contribution is 0.367. The Labute approximate surface area is 131 Å².